The smallest absolute Gasteiger partial charge is 0.248 e. The maximum Gasteiger partial charge on any atom is 0.248 e. The van der Waals surface area contributed by atoms with Gasteiger partial charge in [-0.2, -0.15) is 0 Å². The van der Waals surface area contributed by atoms with Crippen LogP contribution in [0, 0.1) is 6.92 Å². The summed E-state index contributed by atoms with van der Waals surface area (Å²) in [7, 11) is -2.27. The van der Waals surface area contributed by atoms with Gasteiger partial charge >= 0.3 is 0 Å². The van der Waals surface area contributed by atoms with Gasteiger partial charge in [-0.15, -0.1) is 0 Å². The van der Waals surface area contributed by atoms with E-state index < -0.39 is 10.0 Å². The molecule has 0 heterocycles. The Morgan fingerprint density at radius 1 is 1.00 bits per heavy atom. The van der Waals surface area contributed by atoms with Crippen LogP contribution in [0.5, 0.6) is 5.75 Å². The molecule has 0 aliphatic carbocycles. The molecule has 3 aromatic carbocycles. The molecule has 0 saturated heterocycles. The van der Waals surface area contributed by atoms with Crippen molar-refractivity contribution >= 4 is 27.7 Å². The molecule has 2 N–H and O–H groups in total. The van der Waals surface area contributed by atoms with Crippen LogP contribution in [0.25, 0.3) is 6.08 Å². The Morgan fingerprint density at radius 2 is 1.71 bits per heavy atom. The van der Waals surface area contributed by atoms with Gasteiger partial charge in [-0.05, 0) is 49.4 Å². The SMILES string of the molecule is CNS(=O)(=O)c1cc(NC(=O)/C=C/c2ccccc2OCc2ccccc2)ccc1C. The fraction of sp³-hybridized carbons (Fsp3) is 0.125. The van der Waals surface area contributed by atoms with E-state index in [-0.39, 0.29) is 10.8 Å². The average molecular weight is 437 g/mol. The van der Waals surface area contributed by atoms with Gasteiger partial charge < -0.3 is 10.1 Å². The van der Waals surface area contributed by atoms with Gasteiger partial charge in [0.15, 0.2) is 0 Å². The number of amides is 1. The highest BCUT2D eigenvalue weighted by molar-refractivity contribution is 7.89. The standard InChI is InChI=1S/C24H24N2O4S/c1-18-12-14-21(16-23(18)31(28,29)25-2)26-24(27)15-13-20-10-6-7-11-22(20)30-17-19-8-4-3-5-9-19/h3-16,25H,17H2,1-2H3,(H,26,27)/b15-13+. The van der Waals surface area contributed by atoms with E-state index in [9.17, 15) is 13.2 Å². The van der Waals surface area contributed by atoms with Crippen molar-refractivity contribution < 1.29 is 17.9 Å². The van der Waals surface area contributed by atoms with Crippen molar-refractivity contribution in [2.45, 2.75) is 18.4 Å². The molecule has 0 aromatic heterocycles. The van der Waals surface area contributed by atoms with Gasteiger partial charge in [0.1, 0.15) is 12.4 Å². The number of sulfonamides is 1. The van der Waals surface area contributed by atoms with Crippen molar-refractivity contribution in [1.29, 1.82) is 0 Å². The quantitative estimate of drug-likeness (QED) is 0.520. The van der Waals surface area contributed by atoms with Crippen molar-refractivity contribution in [1.82, 2.24) is 4.72 Å². The summed E-state index contributed by atoms with van der Waals surface area (Å²) in [6.45, 7) is 2.12. The maximum atomic E-state index is 12.4. The first kappa shape index (κ1) is 22.3. The number of ether oxygens (including phenoxy) is 1. The molecule has 0 aliphatic rings. The summed E-state index contributed by atoms with van der Waals surface area (Å²) < 4.78 is 32.4. The third-order valence-corrected chi connectivity index (χ3v) is 6.14. The topological polar surface area (TPSA) is 84.5 Å². The normalized spacial score (nSPS) is 11.4. The molecule has 7 heteroatoms. The Morgan fingerprint density at radius 3 is 2.45 bits per heavy atom. The third kappa shape index (κ3) is 6.04. The number of hydrogen-bond acceptors (Lipinski definition) is 4. The maximum absolute atomic E-state index is 12.4. The summed E-state index contributed by atoms with van der Waals surface area (Å²) in [6, 6.07) is 22.0. The molecule has 6 nitrogen and oxygen atoms in total. The molecule has 31 heavy (non-hydrogen) atoms. The van der Waals surface area contributed by atoms with Gasteiger partial charge in [-0.1, -0.05) is 54.6 Å². The second-order valence-electron chi connectivity index (χ2n) is 6.82. The third-order valence-electron chi connectivity index (χ3n) is 4.58. The fourth-order valence-electron chi connectivity index (χ4n) is 2.91. The van der Waals surface area contributed by atoms with Gasteiger partial charge in [-0.3, -0.25) is 4.79 Å². The number of carbonyl (C=O) groups excluding carboxylic acids is 1. The molecule has 1 amide bonds. The summed E-state index contributed by atoms with van der Waals surface area (Å²) in [4.78, 5) is 12.5. The first-order valence-corrected chi connectivity index (χ1v) is 11.2. The van der Waals surface area contributed by atoms with Crippen LogP contribution in [0.1, 0.15) is 16.7 Å². The Bertz CT molecular complexity index is 1190. The molecular formula is C24H24N2O4S. The molecule has 0 bridgehead atoms. The highest BCUT2D eigenvalue weighted by Gasteiger charge is 2.15. The van der Waals surface area contributed by atoms with Crippen molar-refractivity contribution in [3.05, 3.63) is 95.6 Å². The van der Waals surface area contributed by atoms with Crippen LogP contribution in [0.15, 0.2) is 83.8 Å². The first-order chi connectivity index (χ1) is 14.9. The predicted octanol–water partition coefficient (Wildman–Crippen LogP) is 4.13. The molecule has 0 saturated carbocycles. The number of nitrogens with one attached hydrogen (secondary N) is 2. The van der Waals surface area contributed by atoms with E-state index in [4.69, 9.17) is 4.74 Å². The van der Waals surface area contributed by atoms with Crippen molar-refractivity contribution in [3.8, 4) is 5.75 Å². The van der Waals surface area contributed by atoms with E-state index >= 15 is 0 Å². The molecule has 0 atom stereocenters. The molecular weight excluding hydrogens is 412 g/mol. The first-order valence-electron chi connectivity index (χ1n) is 9.68. The van der Waals surface area contributed by atoms with Gasteiger partial charge in [0, 0.05) is 17.3 Å². The number of para-hydroxylation sites is 1. The van der Waals surface area contributed by atoms with Crippen LogP contribution in [0.4, 0.5) is 5.69 Å². The van der Waals surface area contributed by atoms with Crippen molar-refractivity contribution in [3.63, 3.8) is 0 Å². The van der Waals surface area contributed by atoms with E-state index in [1.807, 2.05) is 54.6 Å². The van der Waals surface area contributed by atoms with Crippen LogP contribution < -0.4 is 14.8 Å². The zero-order chi connectivity index (χ0) is 22.3. The van der Waals surface area contributed by atoms with Gasteiger partial charge in [-0.25, -0.2) is 13.1 Å². The Kier molecular flexibility index (Phi) is 7.23. The molecule has 3 rings (SSSR count). The monoisotopic (exact) mass is 436 g/mol. The van der Waals surface area contributed by atoms with Gasteiger partial charge in [0.05, 0.1) is 4.90 Å². The lowest BCUT2D eigenvalue weighted by Crippen LogP contribution is -2.20. The number of benzene rings is 3. The Hall–Kier alpha value is -3.42. The number of carbonyl (C=O) groups is 1. The minimum absolute atomic E-state index is 0.122. The highest BCUT2D eigenvalue weighted by atomic mass is 32.2. The Balaban J connectivity index is 1.70. The zero-order valence-electron chi connectivity index (χ0n) is 17.3. The van der Waals surface area contributed by atoms with Gasteiger partial charge in [0.25, 0.3) is 0 Å². The number of hydrogen-bond donors (Lipinski definition) is 2. The minimum Gasteiger partial charge on any atom is -0.488 e. The molecule has 160 valence electrons. The predicted molar refractivity (Wildman–Crippen MR) is 122 cm³/mol. The molecule has 0 fully saturated rings. The van der Waals surface area contributed by atoms with E-state index in [0.29, 0.717) is 23.6 Å². The molecule has 0 radical (unpaired) electrons. The van der Waals surface area contributed by atoms with E-state index in [1.54, 1.807) is 25.1 Å². The summed E-state index contributed by atoms with van der Waals surface area (Å²) >= 11 is 0. The second kappa shape index (κ2) is 10.1. The Labute approximate surface area is 182 Å². The number of anilines is 1. The fourth-order valence-corrected chi connectivity index (χ4v) is 3.91. The van der Waals surface area contributed by atoms with E-state index in [0.717, 1.165) is 11.1 Å². The molecule has 0 unspecified atom stereocenters. The summed E-state index contributed by atoms with van der Waals surface area (Å²) in [5.41, 5.74) is 2.79. The van der Waals surface area contributed by atoms with Crippen LogP contribution in [0.2, 0.25) is 0 Å². The lowest BCUT2D eigenvalue weighted by atomic mass is 10.1. The number of rotatable bonds is 8. The van der Waals surface area contributed by atoms with Gasteiger partial charge in [0.2, 0.25) is 15.9 Å². The minimum atomic E-state index is -3.61. The lowest BCUT2D eigenvalue weighted by molar-refractivity contribution is -0.111. The second-order valence-corrected chi connectivity index (χ2v) is 8.68. The van der Waals surface area contributed by atoms with Crippen LogP contribution in [-0.4, -0.2) is 21.4 Å². The molecule has 3 aromatic rings. The summed E-state index contributed by atoms with van der Waals surface area (Å²) in [5, 5.41) is 2.69. The van der Waals surface area contributed by atoms with Crippen LogP contribution >= 0.6 is 0 Å². The van der Waals surface area contributed by atoms with E-state index in [2.05, 4.69) is 10.0 Å². The van der Waals surface area contributed by atoms with Crippen molar-refractivity contribution in [2.24, 2.45) is 0 Å². The van der Waals surface area contributed by atoms with Crippen LogP contribution in [-0.2, 0) is 21.4 Å². The summed E-state index contributed by atoms with van der Waals surface area (Å²) in [6.07, 6.45) is 3.05. The zero-order valence-corrected chi connectivity index (χ0v) is 18.1. The molecule has 0 spiro atoms. The largest absolute Gasteiger partial charge is 0.488 e. The molecule has 0 aliphatic heterocycles. The van der Waals surface area contributed by atoms with Crippen molar-refractivity contribution in [2.75, 3.05) is 12.4 Å². The summed E-state index contributed by atoms with van der Waals surface area (Å²) in [5.74, 6) is 0.280. The van der Waals surface area contributed by atoms with Crippen LogP contribution in [0.3, 0.4) is 0 Å². The lowest BCUT2D eigenvalue weighted by Gasteiger charge is -2.10. The number of aryl methyl sites for hydroxylation is 1. The van der Waals surface area contributed by atoms with E-state index in [1.165, 1.54) is 19.2 Å². The highest BCUT2D eigenvalue weighted by Crippen LogP contribution is 2.22. The average Bonchev–Trinajstić information content (AvgIpc) is 2.78.